The number of aromatic nitrogens is 2. The van der Waals surface area contributed by atoms with Crippen LogP contribution in [0.5, 0.6) is 5.75 Å². The molecule has 0 aliphatic heterocycles. The van der Waals surface area contributed by atoms with Crippen LogP contribution >= 0.6 is 0 Å². The Balaban J connectivity index is 2.25. The van der Waals surface area contributed by atoms with Gasteiger partial charge in [0.05, 0.1) is 24.5 Å². The summed E-state index contributed by atoms with van der Waals surface area (Å²) in [6.45, 7) is 5.75. The molecule has 2 rings (SSSR count). The summed E-state index contributed by atoms with van der Waals surface area (Å²) >= 11 is 0. The summed E-state index contributed by atoms with van der Waals surface area (Å²) < 4.78 is 5.65. The second-order valence-corrected chi connectivity index (χ2v) is 4.55. The van der Waals surface area contributed by atoms with Crippen LogP contribution in [-0.4, -0.2) is 23.1 Å². The van der Waals surface area contributed by atoms with Crippen LogP contribution < -0.4 is 10.1 Å². The van der Waals surface area contributed by atoms with Gasteiger partial charge in [0.15, 0.2) is 0 Å². The summed E-state index contributed by atoms with van der Waals surface area (Å²) in [6, 6.07) is 8.01. The van der Waals surface area contributed by atoms with Crippen molar-refractivity contribution in [3.63, 3.8) is 0 Å². The lowest BCUT2D eigenvalue weighted by Crippen LogP contribution is -2.23. The lowest BCUT2D eigenvalue weighted by Gasteiger charge is -2.18. The van der Waals surface area contributed by atoms with E-state index in [-0.39, 0.29) is 6.04 Å². The number of nitrogens with zero attached hydrogens (tertiary/aromatic N) is 2. The molecule has 0 radical (unpaired) electrons. The van der Waals surface area contributed by atoms with E-state index in [2.05, 4.69) is 29.1 Å². The molecule has 0 spiro atoms. The first-order valence-corrected chi connectivity index (χ1v) is 7.07. The quantitative estimate of drug-likeness (QED) is 0.841. The Morgan fingerprint density at radius 3 is 2.85 bits per heavy atom. The Morgan fingerprint density at radius 2 is 2.15 bits per heavy atom. The van der Waals surface area contributed by atoms with Crippen molar-refractivity contribution >= 4 is 0 Å². The monoisotopic (exact) mass is 271 g/mol. The van der Waals surface area contributed by atoms with Gasteiger partial charge in [0.2, 0.25) is 0 Å². The van der Waals surface area contributed by atoms with Crippen LogP contribution in [0.25, 0.3) is 0 Å². The standard InChI is InChI=1S/C16H21N3O/c1-3-9-20-14-10-13(11-17-12-14)16(18-4-2)15-7-5-6-8-19-15/h5-8,10-12,16,18H,3-4,9H2,1-2H3. The molecule has 1 unspecified atom stereocenters. The molecule has 0 aliphatic rings. The third-order valence-electron chi connectivity index (χ3n) is 2.93. The van der Waals surface area contributed by atoms with Crippen LogP contribution in [0.3, 0.4) is 0 Å². The molecule has 2 aromatic rings. The predicted octanol–water partition coefficient (Wildman–Crippen LogP) is 2.96. The Labute approximate surface area is 120 Å². The summed E-state index contributed by atoms with van der Waals surface area (Å²) in [5.41, 5.74) is 2.06. The van der Waals surface area contributed by atoms with Crippen LogP contribution in [0.4, 0.5) is 0 Å². The van der Waals surface area contributed by atoms with Gasteiger partial charge in [0.25, 0.3) is 0 Å². The van der Waals surface area contributed by atoms with Gasteiger partial charge >= 0.3 is 0 Å². The minimum absolute atomic E-state index is 0.0406. The third-order valence-corrected chi connectivity index (χ3v) is 2.93. The van der Waals surface area contributed by atoms with Crippen molar-refractivity contribution in [2.75, 3.05) is 13.2 Å². The molecule has 20 heavy (non-hydrogen) atoms. The van der Waals surface area contributed by atoms with Gasteiger partial charge in [-0.15, -0.1) is 0 Å². The zero-order valence-corrected chi connectivity index (χ0v) is 12.0. The Bertz CT molecular complexity index is 516. The fourth-order valence-electron chi connectivity index (χ4n) is 2.04. The summed E-state index contributed by atoms with van der Waals surface area (Å²) in [6.07, 6.45) is 6.41. The maximum Gasteiger partial charge on any atom is 0.137 e. The third kappa shape index (κ3) is 3.78. The van der Waals surface area contributed by atoms with Crippen molar-refractivity contribution in [1.82, 2.24) is 15.3 Å². The highest BCUT2D eigenvalue weighted by Crippen LogP contribution is 2.22. The summed E-state index contributed by atoms with van der Waals surface area (Å²) in [4.78, 5) is 8.71. The average molecular weight is 271 g/mol. The van der Waals surface area contributed by atoms with E-state index in [9.17, 15) is 0 Å². The molecule has 0 saturated heterocycles. The van der Waals surface area contributed by atoms with Gasteiger partial charge in [0, 0.05) is 12.4 Å². The van der Waals surface area contributed by atoms with E-state index in [1.807, 2.05) is 36.7 Å². The average Bonchev–Trinajstić information content (AvgIpc) is 2.52. The molecule has 1 atom stereocenters. The Kier molecular flexibility index (Phi) is 5.50. The van der Waals surface area contributed by atoms with Gasteiger partial charge in [-0.25, -0.2) is 0 Å². The minimum Gasteiger partial charge on any atom is -0.492 e. The molecule has 2 aromatic heterocycles. The fourth-order valence-corrected chi connectivity index (χ4v) is 2.04. The molecule has 4 heteroatoms. The molecule has 1 N–H and O–H groups in total. The highest BCUT2D eigenvalue weighted by molar-refractivity contribution is 5.31. The number of ether oxygens (including phenoxy) is 1. The van der Waals surface area contributed by atoms with E-state index < -0.39 is 0 Å². The largest absolute Gasteiger partial charge is 0.492 e. The maximum atomic E-state index is 5.65. The molecule has 0 aliphatic carbocycles. The number of rotatable bonds is 7. The van der Waals surface area contributed by atoms with Crippen molar-refractivity contribution in [1.29, 1.82) is 0 Å². The van der Waals surface area contributed by atoms with E-state index in [4.69, 9.17) is 4.74 Å². The van der Waals surface area contributed by atoms with E-state index in [0.717, 1.165) is 30.0 Å². The van der Waals surface area contributed by atoms with Crippen LogP contribution in [0.15, 0.2) is 42.9 Å². The van der Waals surface area contributed by atoms with Crippen LogP contribution in [0, 0.1) is 0 Å². The number of pyridine rings is 2. The molecule has 0 bridgehead atoms. The summed E-state index contributed by atoms with van der Waals surface area (Å²) in [5.74, 6) is 0.809. The first kappa shape index (κ1) is 14.5. The molecular weight excluding hydrogens is 250 g/mol. The second-order valence-electron chi connectivity index (χ2n) is 4.55. The molecule has 106 valence electrons. The van der Waals surface area contributed by atoms with E-state index >= 15 is 0 Å². The maximum absolute atomic E-state index is 5.65. The van der Waals surface area contributed by atoms with Crippen molar-refractivity contribution in [3.05, 3.63) is 54.1 Å². The van der Waals surface area contributed by atoms with E-state index in [1.54, 1.807) is 6.20 Å². The Morgan fingerprint density at radius 1 is 1.25 bits per heavy atom. The van der Waals surface area contributed by atoms with Crippen molar-refractivity contribution < 1.29 is 4.74 Å². The normalized spacial score (nSPS) is 12.1. The van der Waals surface area contributed by atoms with Crippen molar-refractivity contribution in [3.8, 4) is 5.75 Å². The molecule has 0 fully saturated rings. The molecule has 0 aromatic carbocycles. The predicted molar refractivity (Wildman–Crippen MR) is 79.8 cm³/mol. The molecule has 4 nitrogen and oxygen atoms in total. The topological polar surface area (TPSA) is 47.0 Å². The van der Waals surface area contributed by atoms with Gasteiger partial charge in [0.1, 0.15) is 5.75 Å². The first-order chi connectivity index (χ1) is 9.85. The van der Waals surface area contributed by atoms with Crippen molar-refractivity contribution in [2.24, 2.45) is 0 Å². The van der Waals surface area contributed by atoms with Gasteiger partial charge in [-0.2, -0.15) is 0 Å². The number of nitrogens with one attached hydrogen (secondary N) is 1. The fraction of sp³-hybridized carbons (Fsp3) is 0.375. The molecule has 0 amide bonds. The zero-order chi connectivity index (χ0) is 14.2. The summed E-state index contributed by atoms with van der Waals surface area (Å²) in [5, 5.41) is 3.44. The SMILES string of the molecule is CCCOc1cncc(C(NCC)c2ccccn2)c1. The number of hydrogen-bond acceptors (Lipinski definition) is 4. The summed E-state index contributed by atoms with van der Waals surface area (Å²) in [7, 11) is 0. The van der Waals surface area contributed by atoms with Crippen LogP contribution in [-0.2, 0) is 0 Å². The zero-order valence-electron chi connectivity index (χ0n) is 12.0. The first-order valence-electron chi connectivity index (χ1n) is 7.07. The lowest BCUT2D eigenvalue weighted by atomic mass is 10.0. The van der Waals surface area contributed by atoms with Gasteiger partial charge in [-0.1, -0.05) is 19.9 Å². The highest BCUT2D eigenvalue weighted by atomic mass is 16.5. The lowest BCUT2D eigenvalue weighted by molar-refractivity contribution is 0.315. The second kappa shape index (κ2) is 7.60. The van der Waals surface area contributed by atoms with Crippen LogP contribution in [0.2, 0.25) is 0 Å². The molecule has 2 heterocycles. The van der Waals surface area contributed by atoms with E-state index in [0.29, 0.717) is 6.61 Å². The molecular formula is C16H21N3O. The van der Waals surface area contributed by atoms with Crippen molar-refractivity contribution in [2.45, 2.75) is 26.3 Å². The molecule has 0 saturated carbocycles. The van der Waals surface area contributed by atoms with Gasteiger partial charge in [-0.3, -0.25) is 9.97 Å². The smallest absolute Gasteiger partial charge is 0.137 e. The highest BCUT2D eigenvalue weighted by Gasteiger charge is 2.15. The Hall–Kier alpha value is -1.94. The number of hydrogen-bond donors (Lipinski definition) is 1. The van der Waals surface area contributed by atoms with Gasteiger partial charge in [-0.05, 0) is 36.7 Å². The van der Waals surface area contributed by atoms with E-state index in [1.165, 1.54) is 0 Å². The minimum atomic E-state index is 0.0406. The van der Waals surface area contributed by atoms with Gasteiger partial charge < -0.3 is 10.1 Å². The van der Waals surface area contributed by atoms with Crippen LogP contribution in [0.1, 0.15) is 37.6 Å².